The maximum atomic E-state index is 12.5. The zero-order valence-corrected chi connectivity index (χ0v) is 15.6. The number of benzene rings is 1. The van der Waals surface area contributed by atoms with E-state index < -0.39 is 5.54 Å². The van der Waals surface area contributed by atoms with Crippen molar-refractivity contribution in [3.8, 4) is 0 Å². The molecule has 0 radical (unpaired) electrons. The number of hydrogen-bond acceptors (Lipinski definition) is 3. The maximum Gasteiger partial charge on any atom is 0.240 e. The Morgan fingerprint density at radius 3 is 2.36 bits per heavy atom. The molecule has 2 fully saturated rings. The van der Waals surface area contributed by atoms with Crippen LogP contribution in [0.2, 0.25) is 0 Å². The molecule has 2 amide bonds. The van der Waals surface area contributed by atoms with Crippen molar-refractivity contribution in [2.75, 3.05) is 11.4 Å². The van der Waals surface area contributed by atoms with Crippen LogP contribution in [-0.2, 0) is 9.59 Å². The van der Waals surface area contributed by atoms with Gasteiger partial charge in [-0.2, -0.15) is 0 Å². The molecule has 0 bridgehead atoms. The molecule has 3 N–H and O–H groups in total. The summed E-state index contributed by atoms with van der Waals surface area (Å²) < 4.78 is 0. The Hall–Kier alpha value is -1.59. The Morgan fingerprint density at radius 1 is 1.16 bits per heavy atom. The summed E-state index contributed by atoms with van der Waals surface area (Å²) in [7, 11) is 0. The van der Waals surface area contributed by atoms with Gasteiger partial charge in [0.25, 0.3) is 0 Å². The zero-order valence-electron chi connectivity index (χ0n) is 14.8. The standard InChI is InChI=1S/C19H27N3O2.ClH/c1-14(21-18(24)19(20)11-3-2-4-12-19)15-7-9-16(10-8-15)22-13-5-6-17(22)23;/h7-10,14H,2-6,11-13,20H2,1H3,(H,21,24);1H. The van der Waals surface area contributed by atoms with Gasteiger partial charge in [-0.25, -0.2) is 0 Å². The number of nitrogens with zero attached hydrogens (tertiary/aromatic N) is 1. The zero-order chi connectivity index (χ0) is 17.2. The van der Waals surface area contributed by atoms with E-state index in [2.05, 4.69) is 5.32 Å². The molecule has 25 heavy (non-hydrogen) atoms. The number of hydrogen-bond donors (Lipinski definition) is 2. The number of carbonyl (C=O) groups excluding carboxylic acids is 2. The Bertz CT molecular complexity index is 612. The summed E-state index contributed by atoms with van der Waals surface area (Å²) in [6, 6.07) is 7.79. The first-order valence-corrected chi connectivity index (χ1v) is 9.00. The van der Waals surface area contributed by atoms with E-state index >= 15 is 0 Å². The van der Waals surface area contributed by atoms with Gasteiger partial charge in [0.15, 0.2) is 0 Å². The van der Waals surface area contributed by atoms with Gasteiger partial charge in [0, 0.05) is 18.7 Å². The van der Waals surface area contributed by atoms with E-state index in [1.807, 2.05) is 36.1 Å². The summed E-state index contributed by atoms with van der Waals surface area (Å²) in [5.41, 5.74) is 7.54. The Labute approximate surface area is 155 Å². The molecule has 1 heterocycles. The molecule has 6 heteroatoms. The van der Waals surface area contributed by atoms with Crippen LogP contribution in [0, 0.1) is 0 Å². The number of halogens is 1. The van der Waals surface area contributed by atoms with Crippen molar-refractivity contribution in [1.82, 2.24) is 5.32 Å². The molecule has 1 unspecified atom stereocenters. The number of nitrogens with one attached hydrogen (secondary N) is 1. The third-order valence-corrected chi connectivity index (χ3v) is 5.32. The maximum absolute atomic E-state index is 12.5. The number of carbonyl (C=O) groups is 2. The average Bonchev–Trinajstić information content (AvgIpc) is 3.01. The highest BCUT2D eigenvalue weighted by molar-refractivity contribution is 5.95. The molecule has 1 saturated carbocycles. The van der Waals surface area contributed by atoms with Gasteiger partial charge in [-0.1, -0.05) is 31.4 Å². The van der Waals surface area contributed by atoms with Gasteiger partial charge in [0.1, 0.15) is 0 Å². The van der Waals surface area contributed by atoms with Gasteiger partial charge in [0.2, 0.25) is 11.8 Å². The lowest BCUT2D eigenvalue weighted by Crippen LogP contribution is -2.55. The molecule has 2 aliphatic rings. The highest BCUT2D eigenvalue weighted by Gasteiger charge is 2.35. The predicted octanol–water partition coefficient (Wildman–Crippen LogP) is 3.07. The molecule has 0 spiro atoms. The minimum atomic E-state index is -0.714. The van der Waals surface area contributed by atoms with Crippen LogP contribution in [0.4, 0.5) is 5.69 Å². The quantitative estimate of drug-likeness (QED) is 0.860. The smallest absolute Gasteiger partial charge is 0.240 e. The van der Waals surface area contributed by atoms with Gasteiger partial charge in [-0.15, -0.1) is 12.4 Å². The lowest BCUT2D eigenvalue weighted by molar-refractivity contribution is -0.128. The summed E-state index contributed by atoms with van der Waals surface area (Å²) in [6.45, 7) is 2.76. The van der Waals surface area contributed by atoms with Crippen molar-refractivity contribution in [2.24, 2.45) is 5.73 Å². The number of amides is 2. The summed E-state index contributed by atoms with van der Waals surface area (Å²) in [5, 5.41) is 3.06. The Kier molecular flexibility index (Phi) is 6.47. The van der Waals surface area contributed by atoms with Gasteiger partial charge in [-0.05, 0) is 43.9 Å². The van der Waals surface area contributed by atoms with Crippen molar-refractivity contribution in [3.63, 3.8) is 0 Å². The number of nitrogens with two attached hydrogens (primary N) is 1. The molecule has 1 atom stereocenters. The second-order valence-electron chi connectivity index (χ2n) is 7.15. The van der Waals surface area contributed by atoms with Crippen molar-refractivity contribution >= 4 is 29.9 Å². The normalized spacial score (nSPS) is 20.7. The van der Waals surface area contributed by atoms with Crippen LogP contribution in [0.25, 0.3) is 0 Å². The highest BCUT2D eigenvalue weighted by Crippen LogP contribution is 2.28. The molecule has 1 saturated heterocycles. The van der Waals surface area contributed by atoms with Crippen LogP contribution in [0.1, 0.15) is 63.5 Å². The molecule has 1 aromatic rings. The van der Waals surface area contributed by atoms with Crippen LogP contribution in [0.3, 0.4) is 0 Å². The van der Waals surface area contributed by atoms with Crippen LogP contribution in [0.5, 0.6) is 0 Å². The van der Waals surface area contributed by atoms with E-state index in [1.54, 1.807) is 0 Å². The monoisotopic (exact) mass is 365 g/mol. The summed E-state index contributed by atoms with van der Waals surface area (Å²) in [5.74, 6) is 0.139. The molecule has 5 nitrogen and oxygen atoms in total. The number of rotatable bonds is 4. The van der Waals surface area contributed by atoms with E-state index in [9.17, 15) is 9.59 Å². The van der Waals surface area contributed by atoms with E-state index in [1.165, 1.54) is 6.42 Å². The van der Waals surface area contributed by atoms with Gasteiger partial charge in [0.05, 0.1) is 11.6 Å². The molecule has 0 aromatic heterocycles. The van der Waals surface area contributed by atoms with E-state index in [0.29, 0.717) is 6.42 Å². The van der Waals surface area contributed by atoms with Gasteiger partial charge < -0.3 is 16.0 Å². The fourth-order valence-electron chi connectivity index (χ4n) is 3.70. The molecule has 138 valence electrons. The Morgan fingerprint density at radius 2 is 1.80 bits per heavy atom. The molecule has 3 rings (SSSR count). The predicted molar refractivity (Wildman–Crippen MR) is 102 cm³/mol. The van der Waals surface area contributed by atoms with Crippen molar-refractivity contribution in [2.45, 2.75) is 63.5 Å². The minimum Gasteiger partial charge on any atom is -0.348 e. The average molecular weight is 366 g/mol. The van der Waals surface area contributed by atoms with Crippen LogP contribution in [0.15, 0.2) is 24.3 Å². The fourth-order valence-corrected chi connectivity index (χ4v) is 3.70. The van der Waals surface area contributed by atoms with E-state index in [-0.39, 0.29) is 30.3 Å². The minimum absolute atomic E-state index is 0. The summed E-state index contributed by atoms with van der Waals surface area (Å²) >= 11 is 0. The lowest BCUT2D eigenvalue weighted by atomic mass is 9.81. The molecular formula is C19H28ClN3O2. The van der Waals surface area contributed by atoms with Gasteiger partial charge >= 0.3 is 0 Å². The highest BCUT2D eigenvalue weighted by atomic mass is 35.5. The fraction of sp³-hybridized carbons (Fsp3) is 0.579. The molecule has 1 aliphatic heterocycles. The lowest BCUT2D eigenvalue weighted by Gasteiger charge is -2.33. The van der Waals surface area contributed by atoms with Crippen LogP contribution < -0.4 is 16.0 Å². The third kappa shape index (κ3) is 4.33. The first-order valence-electron chi connectivity index (χ1n) is 9.00. The summed E-state index contributed by atoms with van der Waals surface area (Å²) in [4.78, 5) is 26.2. The second-order valence-corrected chi connectivity index (χ2v) is 7.15. The number of anilines is 1. The SMILES string of the molecule is CC(NC(=O)C1(N)CCCCC1)c1ccc(N2CCCC2=O)cc1.Cl. The van der Waals surface area contributed by atoms with Crippen molar-refractivity contribution in [3.05, 3.63) is 29.8 Å². The van der Waals surface area contributed by atoms with Gasteiger partial charge in [-0.3, -0.25) is 9.59 Å². The van der Waals surface area contributed by atoms with E-state index in [0.717, 1.165) is 49.9 Å². The molecular weight excluding hydrogens is 338 g/mol. The first kappa shape index (κ1) is 19.7. The first-order chi connectivity index (χ1) is 11.5. The molecule has 1 aliphatic carbocycles. The van der Waals surface area contributed by atoms with E-state index in [4.69, 9.17) is 5.73 Å². The van der Waals surface area contributed by atoms with Crippen LogP contribution >= 0.6 is 12.4 Å². The van der Waals surface area contributed by atoms with Crippen molar-refractivity contribution < 1.29 is 9.59 Å². The summed E-state index contributed by atoms with van der Waals surface area (Å²) in [6.07, 6.45) is 6.30. The van der Waals surface area contributed by atoms with Crippen LogP contribution in [-0.4, -0.2) is 23.9 Å². The molecule has 1 aromatic carbocycles. The second kappa shape index (κ2) is 8.19. The Balaban J connectivity index is 0.00000225. The largest absolute Gasteiger partial charge is 0.348 e. The van der Waals surface area contributed by atoms with Crippen molar-refractivity contribution in [1.29, 1.82) is 0 Å². The third-order valence-electron chi connectivity index (χ3n) is 5.32. The topological polar surface area (TPSA) is 75.4 Å².